The second-order valence-electron chi connectivity index (χ2n) is 8.28. The molecule has 0 aromatic heterocycles. The zero-order valence-electron chi connectivity index (χ0n) is 17.8. The third-order valence-electron chi connectivity index (χ3n) is 6.08. The summed E-state index contributed by atoms with van der Waals surface area (Å²) in [5, 5.41) is 2.90. The van der Waals surface area contributed by atoms with Crippen molar-refractivity contribution in [2.75, 3.05) is 24.5 Å². The predicted molar refractivity (Wildman–Crippen MR) is 119 cm³/mol. The topological polar surface area (TPSA) is 86.8 Å². The summed E-state index contributed by atoms with van der Waals surface area (Å²) in [6.45, 7) is 5.52. The maximum atomic E-state index is 12.7. The van der Waals surface area contributed by atoms with Crippen LogP contribution in [0.5, 0.6) is 0 Å². The van der Waals surface area contributed by atoms with Crippen molar-refractivity contribution in [2.45, 2.75) is 44.0 Å². The van der Waals surface area contributed by atoms with Crippen molar-refractivity contribution < 1.29 is 18.0 Å². The lowest BCUT2D eigenvalue weighted by molar-refractivity contribution is -0.117. The second-order valence-corrected chi connectivity index (χ2v) is 10.2. The van der Waals surface area contributed by atoms with Gasteiger partial charge in [0, 0.05) is 37.3 Å². The van der Waals surface area contributed by atoms with Gasteiger partial charge in [-0.3, -0.25) is 9.59 Å². The Kier molecular flexibility index (Phi) is 5.85. The molecule has 2 heterocycles. The van der Waals surface area contributed by atoms with E-state index >= 15 is 0 Å². The van der Waals surface area contributed by atoms with Crippen molar-refractivity contribution in [3.63, 3.8) is 0 Å². The SMILES string of the molecule is Cc1ccc(N2CC(NC(=O)c3ccc(S(=O)(=O)N4CCCC4)cc3)CC2=O)cc1C. The molecule has 1 atom stereocenters. The maximum Gasteiger partial charge on any atom is 0.251 e. The van der Waals surface area contributed by atoms with Gasteiger partial charge in [0.05, 0.1) is 10.9 Å². The van der Waals surface area contributed by atoms with Crippen molar-refractivity contribution in [3.8, 4) is 0 Å². The van der Waals surface area contributed by atoms with E-state index in [4.69, 9.17) is 0 Å². The molecule has 31 heavy (non-hydrogen) atoms. The third-order valence-corrected chi connectivity index (χ3v) is 7.99. The van der Waals surface area contributed by atoms with Crippen LogP contribution in [0, 0.1) is 13.8 Å². The lowest BCUT2D eigenvalue weighted by Gasteiger charge is -2.18. The molecule has 0 spiro atoms. The fourth-order valence-corrected chi connectivity index (χ4v) is 5.59. The summed E-state index contributed by atoms with van der Waals surface area (Å²) in [5.74, 6) is -0.342. The number of nitrogens with zero attached hydrogens (tertiary/aromatic N) is 2. The van der Waals surface area contributed by atoms with E-state index in [2.05, 4.69) is 5.32 Å². The molecular formula is C23H27N3O4S. The molecule has 7 nitrogen and oxygen atoms in total. The van der Waals surface area contributed by atoms with Crippen LogP contribution in [0.3, 0.4) is 0 Å². The number of hydrogen-bond donors (Lipinski definition) is 1. The number of amides is 2. The number of rotatable bonds is 5. The molecular weight excluding hydrogens is 414 g/mol. The Labute approximate surface area is 183 Å². The highest BCUT2D eigenvalue weighted by Crippen LogP contribution is 2.25. The van der Waals surface area contributed by atoms with E-state index in [1.807, 2.05) is 32.0 Å². The molecule has 1 unspecified atom stereocenters. The van der Waals surface area contributed by atoms with Crippen LogP contribution in [0.15, 0.2) is 47.4 Å². The highest BCUT2D eigenvalue weighted by molar-refractivity contribution is 7.89. The number of anilines is 1. The molecule has 0 saturated carbocycles. The van der Waals surface area contributed by atoms with E-state index in [9.17, 15) is 18.0 Å². The first-order valence-corrected chi connectivity index (χ1v) is 12.0. The van der Waals surface area contributed by atoms with Crippen LogP contribution < -0.4 is 10.2 Å². The standard InChI is InChI=1S/C23H27N3O4S/c1-16-5-8-20(13-17(16)2)26-15-19(14-22(26)27)24-23(28)18-6-9-21(10-7-18)31(29,30)25-11-3-4-12-25/h5-10,13,19H,3-4,11-12,14-15H2,1-2H3,(H,24,28). The summed E-state index contributed by atoms with van der Waals surface area (Å²) in [6, 6.07) is 11.6. The molecule has 0 radical (unpaired) electrons. The van der Waals surface area contributed by atoms with Gasteiger partial charge in [-0.25, -0.2) is 8.42 Å². The van der Waals surface area contributed by atoms with Gasteiger partial charge in [0.25, 0.3) is 5.91 Å². The van der Waals surface area contributed by atoms with E-state index in [1.54, 1.807) is 4.90 Å². The maximum absolute atomic E-state index is 12.7. The normalized spacial score (nSPS) is 19.7. The molecule has 0 bridgehead atoms. The summed E-state index contributed by atoms with van der Waals surface area (Å²) < 4.78 is 26.7. The molecule has 2 aliphatic heterocycles. The van der Waals surface area contributed by atoms with Crippen molar-refractivity contribution in [1.29, 1.82) is 0 Å². The smallest absolute Gasteiger partial charge is 0.251 e. The van der Waals surface area contributed by atoms with Crippen LogP contribution in [0.1, 0.15) is 40.7 Å². The van der Waals surface area contributed by atoms with Crippen molar-refractivity contribution in [3.05, 3.63) is 59.2 Å². The van der Waals surface area contributed by atoms with Crippen molar-refractivity contribution in [1.82, 2.24) is 9.62 Å². The highest BCUT2D eigenvalue weighted by Gasteiger charge is 2.32. The molecule has 2 fully saturated rings. The molecule has 164 valence electrons. The second kappa shape index (κ2) is 8.43. The highest BCUT2D eigenvalue weighted by atomic mass is 32.2. The van der Waals surface area contributed by atoms with Gasteiger partial charge < -0.3 is 10.2 Å². The van der Waals surface area contributed by atoms with Crippen LogP contribution in [-0.2, 0) is 14.8 Å². The summed E-state index contributed by atoms with van der Waals surface area (Å²) in [6.07, 6.45) is 1.98. The van der Waals surface area contributed by atoms with E-state index in [0.29, 0.717) is 25.2 Å². The van der Waals surface area contributed by atoms with Gasteiger partial charge in [0.15, 0.2) is 0 Å². The van der Waals surface area contributed by atoms with E-state index in [0.717, 1.165) is 29.7 Å². The molecule has 2 aliphatic rings. The minimum absolute atomic E-state index is 0.0272. The van der Waals surface area contributed by atoms with Gasteiger partial charge in [-0.15, -0.1) is 0 Å². The van der Waals surface area contributed by atoms with Gasteiger partial charge in [-0.2, -0.15) is 4.31 Å². The van der Waals surface area contributed by atoms with Crippen LogP contribution in [0.25, 0.3) is 0 Å². The first-order chi connectivity index (χ1) is 14.8. The van der Waals surface area contributed by atoms with Gasteiger partial charge >= 0.3 is 0 Å². The van der Waals surface area contributed by atoms with Crippen molar-refractivity contribution in [2.24, 2.45) is 0 Å². The third kappa shape index (κ3) is 4.36. The fraction of sp³-hybridized carbons (Fsp3) is 0.391. The Hall–Kier alpha value is -2.71. The lowest BCUT2D eigenvalue weighted by Crippen LogP contribution is -2.37. The molecule has 0 aliphatic carbocycles. The van der Waals surface area contributed by atoms with Crippen LogP contribution >= 0.6 is 0 Å². The average molecular weight is 442 g/mol. The number of aryl methyl sites for hydroxylation is 2. The summed E-state index contributed by atoms with van der Waals surface area (Å²) >= 11 is 0. The Balaban J connectivity index is 1.41. The van der Waals surface area contributed by atoms with E-state index in [-0.39, 0.29) is 29.2 Å². The van der Waals surface area contributed by atoms with Crippen LogP contribution in [0.2, 0.25) is 0 Å². The number of hydrogen-bond acceptors (Lipinski definition) is 4. The first kappa shape index (κ1) is 21.5. The van der Waals surface area contributed by atoms with Crippen molar-refractivity contribution >= 4 is 27.5 Å². The van der Waals surface area contributed by atoms with Gasteiger partial charge in [0.2, 0.25) is 15.9 Å². The largest absolute Gasteiger partial charge is 0.347 e. The molecule has 2 aromatic carbocycles. The molecule has 8 heteroatoms. The van der Waals surface area contributed by atoms with Gasteiger partial charge in [-0.1, -0.05) is 6.07 Å². The molecule has 2 saturated heterocycles. The molecule has 1 N–H and O–H groups in total. The quantitative estimate of drug-likeness (QED) is 0.773. The van der Waals surface area contributed by atoms with Gasteiger partial charge in [-0.05, 0) is 74.2 Å². The Bertz CT molecular complexity index is 1110. The fourth-order valence-electron chi connectivity index (χ4n) is 4.07. The predicted octanol–water partition coefficient (Wildman–Crippen LogP) is 2.62. The summed E-state index contributed by atoms with van der Waals surface area (Å²) in [5.41, 5.74) is 3.48. The number of benzene rings is 2. The number of carbonyl (C=O) groups is 2. The van der Waals surface area contributed by atoms with Crippen LogP contribution in [0.4, 0.5) is 5.69 Å². The average Bonchev–Trinajstić information content (AvgIpc) is 3.41. The number of sulfonamides is 1. The zero-order chi connectivity index (χ0) is 22.2. The molecule has 2 aromatic rings. The number of nitrogens with one attached hydrogen (secondary N) is 1. The van der Waals surface area contributed by atoms with Gasteiger partial charge in [0.1, 0.15) is 0 Å². The Morgan fingerprint density at radius 3 is 2.32 bits per heavy atom. The Morgan fingerprint density at radius 2 is 1.68 bits per heavy atom. The summed E-state index contributed by atoms with van der Waals surface area (Å²) in [7, 11) is -3.51. The number of carbonyl (C=O) groups excluding carboxylic acids is 2. The zero-order valence-corrected chi connectivity index (χ0v) is 18.6. The van der Waals surface area contributed by atoms with E-state index < -0.39 is 10.0 Å². The minimum atomic E-state index is -3.51. The minimum Gasteiger partial charge on any atom is -0.347 e. The van der Waals surface area contributed by atoms with Crippen LogP contribution in [-0.4, -0.2) is 50.2 Å². The molecule has 4 rings (SSSR count). The lowest BCUT2D eigenvalue weighted by atomic mass is 10.1. The summed E-state index contributed by atoms with van der Waals surface area (Å²) in [4.78, 5) is 27.0. The first-order valence-electron chi connectivity index (χ1n) is 10.5. The Morgan fingerprint density at radius 1 is 1.00 bits per heavy atom. The monoisotopic (exact) mass is 441 g/mol. The van der Waals surface area contributed by atoms with E-state index in [1.165, 1.54) is 28.6 Å². The molecule has 2 amide bonds.